The lowest BCUT2D eigenvalue weighted by Gasteiger charge is -2.19. The molecule has 2 atom stereocenters. The van der Waals surface area contributed by atoms with Gasteiger partial charge < -0.3 is 10.5 Å². The van der Waals surface area contributed by atoms with E-state index >= 15 is 0 Å². The third-order valence-corrected chi connectivity index (χ3v) is 3.97. The van der Waals surface area contributed by atoms with Crippen LogP contribution < -0.4 is 10.5 Å². The van der Waals surface area contributed by atoms with Crippen molar-refractivity contribution in [2.75, 3.05) is 20.2 Å². The number of methoxy groups -OCH3 is 1. The fourth-order valence-corrected chi connectivity index (χ4v) is 2.83. The highest BCUT2D eigenvalue weighted by Gasteiger charge is 2.51. The Morgan fingerprint density at radius 2 is 2.17 bits per heavy atom. The van der Waals surface area contributed by atoms with Gasteiger partial charge >= 0.3 is 6.18 Å². The molecule has 8 heteroatoms. The predicted molar refractivity (Wildman–Crippen MR) is 75.2 cm³/mol. The van der Waals surface area contributed by atoms with Gasteiger partial charge in [-0.2, -0.15) is 18.4 Å². The smallest absolute Gasteiger partial charge is 0.393 e. The van der Waals surface area contributed by atoms with Crippen LogP contribution in [0.15, 0.2) is 18.2 Å². The standard InChI is InChI=1S/C15H16F3N3O2/c1-23-13-3-2-9(4-10(13)5-19)6-21-7-11(14(20)22)12(8-21)15(16,17)18/h2-4,11-12H,6-8H2,1H3,(H2,20,22)/t11-,12-/m1/s1. The molecule has 0 aromatic heterocycles. The van der Waals surface area contributed by atoms with Crippen LogP contribution >= 0.6 is 0 Å². The maximum absolute atomic E-state index is 13.0. The minimum atomic E-state index is -4.47. The number of likely N-dealkylation sites (tertiary alicyclic amines) is 1. The zero-order valence-electron chi connectivity index (χ0n) is 12.4. The molecule has 5 nitrogen and oxygen atoms in total. The topological polar surface area (TPSA) is 79.3 Å². The molecule has 23 heavy (non-hydrogen) atoms. The fourth-order valence-electron chi connectivity index (χ4n) is 2.83. The van der Waals surface area contributed by atoms with Crippen molar-refractivity contribution in [1.29, 1.82) is 5.26 Å². The van der Waals surface area contributed by atoms with Gasteiger partial charge in [0.2, 0.25) is 5.91 Å². The predicted octanol–water partition coefficient (Wildman–Crippen LogP) is 1.66. The average Bonchev–Trinajstić information content (AvgIpc) is 2.91. The lowest BCUT2D eigenvalue weighted by molar-refractivity contribution is -0.182. The van der Waals surface area contributed by atoms with Crippen molar-refractivity contribution < 1.29 is 22.7 Å². The summed E-state index contributed by atoms with van der Waals surface area (Å²) in [5.41, 5.74) is 6.08. The number of hydrogen-bond acceptors (Lipinski definition) is 4. The third-order valence-electron chi connectivity index (χ3n) is 3.97. The quantitative estimate of drug-likeness (QED) is 0.912. The molecule has 2 N–H and O–H groups in total. The highest BCUT2D eigenvalue weighted by molar-refractivity contribution is 5.77. The molecule has 1 saturated heterocycles. The summed E-state index contributed by atoms with van der Waals surface area (Å²) in [7, 11) is 1.43. The van der Waals surface area contributed by atoms with Crippen molar-refractivity contribution in [3.05, 3.63) is 29.3 Å². The normalized spacial score (nSPS) is 21.9. The lowest BCUT2D eigenvalue weighted by atomic mass is 9.95. The Kier molecular flexibility index (Phi) is 4.80. The molecule has 1 amide bonds. The van der Waals surface area contributed by atoms with Crippen LogP contribution in [-0.2, 0) is 11.3 Å². The number of carbonyl (C=O) groups is 1. The number of primary amides is 1. The SMILES string of the molecule is COc1ccc(CN2C[C@@H](C(F)(F)F)[C@H](C(N)=O)C2)cc1C#N. The number of nitriles is 1. The average molecular weight is 327 g/mol. The molecule has 124 valence electrons. The summed E-state index contributed by atoms with van der Waals surface area (Å²) in [6.45, 7) is -0.131. The van der Waals surface area contributed by atoms with Crippen molar-refractivity contribution >= 4 is 5.91 Å². The molecular weight excluding hydrogens is 311 g/mol. The van der Waals surface area contributed by atoms with Crippen LogP contribution in [0, 0.1) is 23.2 Å². The minimum Gasteiger partial charge on any atom is -0.495 e. The summed E-state index contributed by atoms with van der Waals surface area (Å²) in [6.07, 6.45) is -4.47. The van der Waals surface area contributed by atoms with Crippen molar-refractivity contribution in [2.45, 2.75) is 12.7 Å². The molecule has 0 bridgehead atoms. The highest BCUT2D eigenvalue weighted by atomic mass is 19.4. The molecule has 1 aliphatic heterocycles. The van der Waals surface area contributed by atoms with Crippen LogP contribution in [0.2, 0.25) is 0 Å². The summed E-state index contributed by atoms with van der Waals surface area (Å²) >= 11 is 0. The third kappa shape index (κ3) is 3.74. The molecule has 0 saturated carbocycles. The van der Waals surface area contributed by atoms with Gasteiger partial charge in [0.05, 0.1) is 24.5 Å². The summed E-state index contributed by atoms with van der Waals surface area (Å²) in [4.78, 5) is 12.8. The van der Waals surface area contributed by atoms with Gasteiger partial charge in [-0.25, -0.2) is 0 Å². The van der Waals surface area contributed by atoms with E-state index in [0.29, 0.717) is 16.9 Å². The number of ether oxygens (including phenoxy) is 1. The molecule has 0 spiro atoms. The van der Waals surface area contributed by atoms with Gasteiger partial charge in [0.25, 0.3) is 0 Å². The molecule has 2 rings (SSSR count). The Bertz CT molecular complexity index is 640. The van der Waals surface area contributed by atoms with Gasteiger partial charge in [0.15, 0.2) is 0 Å². The summed E-state index contributed by atoms with van der Waals surface area (Å²) < 4.78 is 44.0. The van der Waals surface area contributed by atoms with Crippen LogP contribution in [0.4, 0.5) is 13.2 Å². The van der Waals surface area contributed by atoms with Crippen LogP contribution in [-0.4, -0.2) is 37.2 Å². The maximum Gasteiger partial charge on any atom is 0.393 e. The minimum absolute atomic E-state index is 0.0482. The van der Waals surface area contributed by atoms with Crippen LogP contribution in [0.1, 0.15) is 11.1 Å². The van der Waals surface area contributed by atoms with E-state index in [-0.39, 0.29) is 19.6 Å². The maximum atomic E-state index is 13.0. The van der Waals surface area contributed by atoms with Crippen LogP contribution in [0.3, 0.4) is 0 Å². The number of hydrogen-bond donors (Lipinski definition) is 1. The Morgan fingerprint density at radius 1 is 1.48 bits per heavy atom. The van der Waals surface area contributed by atoms with Gasteiger partial charge in [-0.1, -0.05) is 6.07 Å². The van der Waals surface area contributed by atoms with Crippen molar-refractivity contribution in [1.82, 2.24) is 4.90 Å². The number of amides is 1. The van der Waals surface area contributed by atoms with E-state index < -0.39 is 23.9 Å². The summed E-state index contributed by atoms with van der Waals surface area (Å²) in [5.74, 6) is -3.54. The van der Waals surface area contributed by atoms with Gasteiger partial charge in [0.1, 0.15) is 11.8 Å². The van der Waals surface area contributed by atoms with Crippen molar-refractivity contribution in [3.63, 3.8) is 0 Å². The summed E-state index contributed by atoms with van der Waals surface area (Å²) in [6, 6.07) is 6.82. The first kappa shape index (κ1) is 17.1. The first-order valence-electron chi connectivity index (χ1n) is 6.91. The Balaban J connectivity index is 2.16. The van der Waals surface area contributed by atoms with Gasteiger partial charge in [-0.15, -0.1) is 0 Å². The van der Waals surface area contributed by atoms with E-state index in [1.807, 2.05) is 6.07 Å². The monoisotopic (exact) mass is 327 g/mol. The Hall–Kier alpha value is -2.27. The molecule has 1 aromatic rings. The number of rotatable bonds is 4. The second-order valence-corrected chi connectivity index (χ2v) is 5.50. The molecule has 1 aromatic carbocycles. The van der Waals surface area contributed by atoms with Crippen molar-refractivity contribution in [3.8, 4) is 11.8 Å². The van der Waals surface area contributed by atoms with E-state index in [1.54, 1.807) is 18.2 Å². The number of carbonyl (C=O) groups excluding carboxylic acids is 1. The lowest BCUT2D eigenvalue weighted by Crippen LogP contribution is -2.37. The van der Waals surface area contributed by atoms with E-state index in [9.17, 15) is 18.0 Å². The highest BCUT2D eigenvalue weighted by Crippen LogP contribution is 2.38. The van der Waals surface area contributed by atoms with Crippen LogP contribution in [0.5, 0.6) is 5.75 Å². The number of nitrogens with zero attached hydrogens (tertiary/aromatic N) is 2. The number of benzene rings is 1. The van der Waals surface area contributed by atoms with Gasteiger partial charge in [-0.3, -0.25) is 9.69 Å². The number of halogens is 3. The molecular formula is C15H16F3N3O2. The molecule has 1 heterocycles. The molecule has 1 fully saturated rings. The number of alkyl halides is 3. The zero-order valence-corrected chi connectivity index (χ0v) is 12.4. The first-order chi connectivity index (χ1) is 10.8. The van der Waals surface area contributed by atoms with E-state index in [4.69, 9.17) is 15.7 Å². The Labute approximate surface area is 131 Å². The van der Waals surface area contributed by atoms with Crippen molar-refractivity contribution in [2.24, 2.45) is 17.6 Å². The van der Waals surface area contributed by atoms with E-state index in [1.165, 1.54) is 12.0 Å². The number of nitrogens with two attached hydrogens (primary N) is 1. The van der Waals surface area contributed by atoms with Gasteiger partial charge in [0, 0.05) is 19.6 Å². The second-order valence-electron chi connectivity index (χ2n) is 5.50. The van der Waals surface area contributed by atoms with E-state index in [2.05, 4.69) is 0 Å². The molecule has 0 radical (unpaired) electrons. The molecule has 1 aliphatic rings. The van der Waals surface area contributed by atoms with Gasteiger partial charge in [-0.05, 0) is 17.7 Å². The molecule has 0 unspecified atom stereocenters. The summed E-state index contributed by atoms with van der Waals surface area (Å²) in [5, 5.41) is 9.04. The molecule has 0 aliphatic carbocycles. The largest absolute Gasteiger partial charge is 0.495 e. The van der Waals surface area contributed by atoms with Crippen LogP contribution in [0.25, 0.3) is 0 Å². The van der Waals surface area contributed by atoms with E-state index in [0.717, 1.165) is 0 Å². The fraction of sp³-hybridized carbons (Fsp3) is 0.467. The second kappa shape index (κ2) is 6.46. The first-order valence-corrected chi connectivity index (χ1v) is 6.91. The Morgan fingerprint density at radius 3 is 2.65 bits per heavy atom. The zero-order chi connectivity index (χ0) is 17.2.